The van der Waals surface area contributed by atoms with E-state index in [0.717, 1.165) is 5.75 Å². The second-order valence-electron chi connectivity index (χ2n) is 2.73. The average molecular weight is 226 g/mol. The highest BCUT2D eigenvalue weighted by Gasteiger charge is 1.98. The van der Waals surface area contributed by atoms with Crippen LogP contribution in [0.3, 0.4) is 0 Å². The van der Waals surface area contributed by atoms with E-state index in [0.29, 0.717) is 0 Å². The molecular weight excluding hydrogens is 216 g/mol. The van der Waals surface area contributed by atoms with E-state index in [1.807, 2.05) is 34.4 Å². The Bertz CT molecular complexity index is 359. The Labute approximate surface area is 90.6 Å². The number of thioether (sulfide) groups is 1. The molecule has 13 heavy (non-hydrogen) atoms. The minimum absolute atomic E-state index is 1.11. The lowest BCUT2D eigenvalue weighted by molar-refractivity contribution is 1.53. The average Bonchev–Trinajstić information content (AvgIpc) is 2.71. The summed E-state index contributed by atoms with van der Waals surface area (Å²) in [5.41, 5.74) is 0. The highest BCUT2D eigenvalue weighted by Crippen LogP contribution is 2.30. The summed E-state index contributed by atoms with van der Waals surface area (Å²) < 4.78 is 1.42. The van der Waals surface area contributed by atoms with Gasteiger partial charge in [-0.25, -0.2) is 0 Å². The van der Waals surface area contributed by atoms with E-state index in [1.54, 1.807) is 0 Å². The largest absolute Gasteiger partial charge is 0.148 e. The van der Waals surface area contributed by atoms with Crippen molar-refractivity contribution in [3.05, 3.63) is 39.4 Å². The molecule has 0 amide bonds. The van der Waals surface area contributed by atoms with Crippen molar-refractivity contribution in [1.29, 1.82) is 0 Å². The van der Waals surface area contributed by atoms with Crippen molar-refractivity contribution in [3.63, 3.8) is 0 Å². The molecule has 2 aromatic rings. The predicted molar refractivity (Wildman–Crippen MR) is 62.9 cm³/mol. The summed E-state index contributed by atoms with van der Waals surface area (Å²) in [6, 6.07) is 8.69. The van der Waals surface area contributed by atoms with Gasteiger partial charge < -0.3 is 0 Å². The highest BCUT2D eigenvalue weighted by molar-refractivity contribution is 8.00. The third kappa shape index (κ3) is 2.59. The van der Waals surface area contributed by atoms with Crippen LogP contribution in [-0.2, 0) is 5.75 Å². The maximum absolute atomic E-state index is 2.21. The monoisotopic (exact) mass is 226 g/mol. The van der Waals surface area contributed by atoms with Crippen molar-refractivity contribution in [1.82, 2.24) is 0 Å². The van der Waals surface area contributed by atoms with Crippen LogP contribution in [0.4, 0.5) is 0 Å². The maximum atomic E-state index is 2.21. The molecule has 0 saturated heterocycles. The van der Waals surface area contributed by atoms with Crippen LogP contribution in [0, 0.1) is 6.92 Å². The fourth-order valence-electron chi connectivity index (χ4n) is 1.03. The van der Waals surface area contributed by atoms with Gasteiger partial charge in [-0.1, -0.05) is 6.07 Å². The third-order valence-electron chi connectivity index (χ3n) is 1.65. The van der Waals surface area contributed by atoms with Crippen LogP contribution in [0.15, 0.2) is 33.9 Å². The van der Waals surface area contributed by atoms with Crippen LogP contribution in [0.5, 0.6) is 0 Å². The lowest BCUT2D eigenvalue weighted by atomic mass is 10.5. The van der Waals surface area contributed by atoms with E-state index < -0.39 is 0 Å². The Hall–Kier alpha value is -0.250. The van der Waals surface area contributed by atoms with Gasteiger partial charge in [-0.2, -0.15) is 0 Å². The van der Waals surface area contributed by atoms with Gasteiger partial charge in [0.15, 0.2) is 0 Å². The Morgan fingerprint density at radius 3 is 2.85 bits per heavy atom. The minimum Gasteiger partial charge on any atom is -0.148 e. The smallest absolute Gasteiger partial charge is 0.0604 e. The van der Waals surface area contributed by atoms with Gasteiger partial charge in [0.25, 0.3) is 0 Å². The molecular formula is C10H10S3. The van der Waals surface area contributed by atoms with Crippen LogP contribution < -0.4 is 0 Å². The maximum Gasteiger partial charge on any atom is 0.0604 e. The molecule has 0 aromatic carbocycles. The summed E-state index contributed by atoms with van der Waals surface area (Å²) in [6.07, 6.45) is 0. The molecule has 2 heterocycles. The molecule has 0 radical (unpaired) electrons. The van der Waals surface area contributed by atoms with Crippen LogP contribution in [0.2, 0.25) is 0 Å². The van der Waals surface area contributed by atoms with E-state index in [9.17, 15) is 0 Å². The fourth-order valence-corrected chi connectivity index (χ4v) is 3.91. The Morgan fingerprint density at radius 1 is 1.31 bits per heavy atom. The minimum atomic E-state index is 1.11. The third-order valence-corrected chi connectivity index (χ3v) is 4.99. The van der Waals surface area contributed by atoms with E-state index >= 15 is 0 Å². The summed E-state index contributed by atoms with van der Waals surface area (Å²) in [5, 5.41) is 2.13. The standard InChI is InChI=1S/C10H10S3/c1-8-4-5-10(13-8)12-7-9-3-2-6-11-9/h2-6H,7H2,1H3. The second-order valence-corrected chi connectivity index (χ2v) is 6.33. The molecule has 0 spiro atoms. The molecule has 3 heteroatoms. The van der Waals surface area contributed by atoms with Crippen molar-refractivity contribution in [2.75, 3.05) is 0 Å². The summed E-state index contributed by atoms with van der Waals surface area (Å²) in [5.74, 6) is 1.11. The highest BCUT2D eigenvalue weighted by atomic mass is 32.2. The van der Waals surface area contributed by atoms with Crippen molar-refractivity contribution >= 4 is 34.4 Å². The Kier molecular flexibility index (Phi) is 3.09. The Morgan fingerprint density at radius 2 is 2.23 bits per heavy atom. The molecule has 0 unspecified atom stereocenters. The van der Waals surface area contributed by atoms with Gasteiger partial charge in [0.05, 0.1) is 4.21 Å². The van der Waals surface area contributed by atoms with Gasteiger partial charge in [-0.05, 0) is 30.5 Å². The van der Waals surface area contributed by atoms with Crippen molar-refractivity contribution < 1.29 is 0 Å². The van der Waals surface area contributed by atoms with Crippen LogP contribution in [0.25, 0.3) is 0 Å². The molecule has 0 fully saturated rings. The first-order chi connectivity index (χ1) is 6.34. The van der Waals surface area contributed by atoms with E-state index in [4.69, 9.17) is 0 Å². The molecule has 68 valence electrons. The quantitative estimate of drug-likeness (QED) is 0.699. The molecule has 0 aliphatic rings. The van der Waals surface area contributed by atoms with E-state index in [1.165, 1.54) is 14.0 Å². The molecule has 0 aliphatic carbocycles. The molecule has 0 atom stereocenters. The van der Waals surface area contributed by atoms with Gasteiger partial charge in [-0.3, -0.25) is 0 Å². The van der Waals surface area contributed by atoms with Gasteiger partial charge in [-0.15, -0.1) is 34.4 Å². The summed E-state index contributed by atoms with van der Waals surface area (Å²) >= 11 is 5.64. The number of aryl methyl sites for hydroxylation is 1. The molecule has 0 saturated carbocycles. The predicted octanol–water partition coefficient (Wildman–Crippen LogP) is 4.41. The topological polar surface area (TPSA) is 0 Å². The van der Waals surface area contributed by atoms with Gasteiger partial charge >= 0.3 is 0 Å². The van der Waals surface area contributed by atoms with Gasteiger partial charge in [0.2, 0.25) is 0 Å². The molecule has 0 bridgehead atoms. The Balaban J connectivity index is 1.93. The zero-order valence-electron chi connectivity index (χ0n) is 7.32. The van der Waals surface area contributed by atoms with Crippen molar-refractivity contribution in [2.24, 2.45) is 0 Å². The molecule has 2 aromatic heterocycles. The molecule has 0 nitrogen and oxygen atoms in total. The van der Waals surface area contributed by atoms with Crippen molar-refractivity contribution in [3.8, 4) is 0 Å². The first-order valence-electron chi connectivity index (χ1n) is 4.06. The van der Waals surface area contributed by atoms with Gasteiger partial charge in [0.1, 0.15) is 0 Å². The van der Waals surface area contributed by atoms with E-state index in [-0.39, 0.29) is 0 Å². The van der Waals surface area contributed by atoms with E-state index in [2.05, 4.69) is 36.6 Å². The number of rotatable bonds is 3. The van der Waals surface area contributed by atoms with Crippen molar-refractivity contribution in [2.45, 2.75) is 16.9 Å². The van der Waals surface area contributed by atoms with Crippen LogP contribution in [0.1, 0.15) is 9.75 Å². The summed E-state index contributed by atoms with van der Waals surface area (Å²) in [4.78, 5) is 2.85. The normalized spacial score (nSPS) is 10.5. The van der Waals surface area contributed by atoms with Crippen LogP contribution >= 0.6 is 34.4 Å². The first-order valence-corrected chi connectivity index (χ1v) is 6.74. The lowest BCUT2D eigenvalue weighted by Gasteiger charge is -1.93. The van der Waals surface area contributed by atoms with Crippen LogP contribution in [-0.4, -0.2) is 0 Å². The van der Waals surface area contributed by atoms with Gasteiger partial charge in [0, 0.05) is 15.5 Å². The summed E-state index contributed by atoms with van der Waals surface area (Å²) in [6.45, 7) is 2.15. The second kappa shape index (κ2) is 4.31. The molecule has 2 rings (SSSR count). The zero-order valence-corrected chi connectivity index (χ0v) is 9.77. The molecule has 0 N–H and O–H groups in total. The molecule has 0 aliphatic heterocycles. The lowest BCUT2D eigenvalue weighted by Crippen LogP contribution is -1.68. The first kappa shape index (κ1) is 9.31. The number of hydrogen-bond acceptors (Lipinski definition) is 3. The summed E-state index contributed by atoms with van der Waals surface area (Å²) in [7, 11) is 0. The zero-order chi connectivity index (χ0) is 9.10. The SMILES string of the molecule is Cc1ccc(SCc2cccs2)s1. The fraction of sp³-hybridized carbons (Fsp3) is 0.200. The number of thiophene rings is 2. The number of hydrogen-bond donors (Lipinski definition) is 0.